The molecule has 1 aromatic carbocycles. The average Bonchev–Trinajstić information content (AvgIpc) is 2.37. The normalized spacial score (nSPS) is 11.1. The molecular formula is C11H15BN2O6. The van der Waals surface area contributed by atoms with Crippen LogP contribution in [-0.4, -0.2) is 45.2 Å². The third kappa shape index (κ3) is 4.02. The highest BCUT2D eigenvalue weighted by molar-refractivity contribution is 6.58. The van der Waals surface area contributed by atoms with Gasteiger partial charge in [-0.3, -0.25) is 14.9 Å². The molecule has 0 aliphatic heterocycles. The molecule has 0 saturated heterocycles. The molecule has 20 heavy (non-hydrogen) atoms. The summed E-state index contributed by atoms with van der Waals surface area (Å²) >= 11 is 0. The SMILES string of the molecule is CC(C)(CO)NC(=O)c1cc(B(O)O)cc([N+](=O)[O-])c1. The maximum Gasteiger partial charge on any atom is 0.488 e. The van der Waals surface area contributed by atoms with Crippen molar-refractivity contribution in [3.63, 3.8) is 0 Å². The van der Waals surface area contributed by atoms with Crippen molar-refractivity contribution in [1.82, 2.24) is 5.32 Å². The van der Waals surface area contributed by atoms with E-state index in [0.717, 1.165) is 18.2 Å². The highest BCUT2D eigenvalue weighted by atomic mass is 16.6. The van der Waals surface area contributed by atoms with Crippen LogP contribution in [0.1, 0.15) is 24.2 Å². The summed E-state index contributed by atoms with van der Waals surface area (Å²) in [6, 6.07) is 3.13. The maximum atomic E-state index is 12.0. The van der Waals surface area contributed by atoms with Crippen molar-refractivity contribution in [3.05, 3.63) is 33.9 Å². The molecule has 0 unspecified atom stereocenters. The van der Waals surface area contributed by atoms with Crippen LogP contribution in [0.25, 0.3) is 0 Å². The van der Waals surface area contributed by atoms with E-state index in [1.165, 1.54) is 0 Å². The van der Waals surface area contributed by atoms with Crippen LogP contribution in [0.2, 0.25) is 0 Å². The summed E-state index contributed by atoms with van der Waals surface area (Å²) in [5.41, 5.74) is -1.59. The summed E-state index contributed by atoms with van der Waals surface area (Å²) in [4.78, 5) is 22.0. The number of nitro groups is 1. The van der Waals surface area contributed by atoms with Crippen LogP contribution in [0, 0.1) is 10.1 Å². The Morgan fingerprint density at radius 1 is 1.40 bits per heavy atom. The van der Waals surface area contributed by atoms with Gasteiger partial charge in [-0.2, -0.15) is 0 Å². The molecule has 0 radical (unpaired) electrons. The lowest BCUT2D eigenvalue weighted by Crippen LogP contribution is -2.46. The van der Waals surface area contributed by atoms with Gasteiger partial charge >= 0.3 is 7.12 Å². The molecular weight excluding hydrogens is 267 g/mol. The molecule has 8 nitrogen and oxygen atoms in total. The van der Waals surface area contributed by atoms with E-state index in [4.69, 9.17) is 15.2 Å². The molecule has 0 bridgehead atoms. The topological polar surface area (TPSA) is 133 Å². The van der Waals surface area contributed by atoms with Gasteiger partial charge in [-0.15, -0.1) is 0 Å². The van der Waals surface area contributed by atoms with Crippen molar-refractivity contribution in [2.75, 3.05) is 6.61 Å². The number of nitrogens with one attached hydrogen (secondary N) is 1. The summed E-state index contributed by atoms with van der Waals surface area (Å²) < 4.78 is 0. The highest BCUT2D eigenvalue weighted by Gasteiger charge is 2.24. The molecule has 1 amide bonds. The van der Waals surface area contributed by atoms with E-state index in [1.54, 1.807) is 13.8 Å². The Labute approximate surface area is 115 Å². The van der Waals surface area contributed by atoms with Crippen molar-refractivity contribution in [3.8, 4) is 0 Å². The van der Waals surface area contributed by atoms with E-state index >= 15 is 0 Å². The Balaban J connectivity index is 3.17. The van der Waals surface area contributed by atoms with Gasteiger partial charge in [0, 0.05) is 17.7 Å². The predicted molar refractivity (Wildman–Crippen MR) is 71.6 cm³/mol. The van der Waals surface area contributed by atoms with Gasteiger partial charge in [-0.05, 0) is 25.4 Å². The number of aliphatic hydroxyl groups excluding tert-OH is 1. The fourth-order valence-electron chi connectivity index (χ4n) is 1.44. The first-order valence-corrected chi connectivity index (χ1v) is 5.75. The van der Waals surface area contributed by atoms with E-state index in [2.05, 4.69) is 5.32 Å². The standard InChI is InChI=1S/C11H15BN2O6/c1-11(2,6-15)13-10(16)7-3-8(12(17)18)5-9(4-7)14(19)20/h3-5,15,17-18H,6H2,1-2H3,(H,13,16). The van der Waals surface area contributed by atoms with Crippen LogP contribution in [0.5, 0.6) is 0 Å². The van der Waals surface area contributed by atoms with Gasteiger partial charge < -0.3 is 20.5 Å². The van der Waals surface area contributed by atoms with Gasteiger partial charge in [0.1, 0.15) is 0 Å². The molecule has 108 valence electrons. The van der Waals surface area contributed by atoms with Gasteiger partial charge in [0.15, 0.2) is 0 Å². The smallest absolute Gasteiger partial charge is 0.423 e. The number of hydrogen-bond donors (Lipinski definition) is 4. The minimum Gasteiger partial charge on any atom is -0.423 e. The lowest BCUT2D eigenvalue weighted by molar-refractivity contribution is -0.384. The predicted octanol–water partition coefficient (Wildman–Crippen LogP) is -1.22. The van der Waals surface area contributed by atoms with Crippen LogP contribution >= 0.6 is 0 Å². The Hall–Kier alpha value is -1.97. The van der Waals surface area contributed by atoms with E-state index in [1.807, 2.05) is 0 Å². The number of carbonyl (C=O) groups is 1. The first-order chi connectivity index (χ1) is 9.16. The lowest BCUT2D eigenvalue weighted by Gasteiger charge is -2.23. The minimum atomic E-state index is -1.92. The Bertz CT molecular complexity index is 532. The van der Waals surface area contributed by atoms with Gasteiger partial charge in [0.25, 0.3) is 11.6 Å². The largest absolute Gasteiger partial charge is 0.488 e. The fraction of sp³-hybridized carbons (Fsp3) is 0.364. The van der Waals surface area contributed by atoms with Crippen LogP contribution in [0.3, 0.4) is 0 Å². The van der Waals surface area contributed by atoms with Crippen LogP contribution in [-0.2, 0) is 0 Å². The minimum absolute atomic E-state index is 0.0937. The Morgan fingerprint density at radius 2 is 2.00 bits per heavy atom. The first kappa shape index (κ1) is 16.1. The molecule has 0 saturated carbocycles. The zero-order valence-electron chi connectivity index (χ0n) is 11.0. The number of rotatable bonds is 5. The molecule has 0 atom stereocenters. The van der Waals surface area contributed by atoms with Crippen molar-refractivity contribution in [2.24, 2.45) is 0 Å². The summed E-state index contributed by atoms with van der Waals surface area (Å²) in [5.74, 6) is -0.658. The van der Waals surface area contributed by atoms with Gasteiger partial charge in [0.05, 0.1) is 17.1 Å². The number of hydrogen-bond acceptors (Lipinski definition) is 6. The zero-order chi connectivity index (χ0) is 15.5. The quantitative estimate of drug-likeness (QED) is 0.304. The third-order valence-corrected chi connectivity index (χ3v) is 2.56. The number of non-ortho nitro benzene ring substituents is 1. The van der Waals surface area contributed by atoms with Crippen LogP contribution < -0.4 is 10.8 Å². The number of carbonyl (C=O) groups excluding carboxylic acids is 1. The fourth-order valence-corrected chi connectivity index (χ4v) is 1.44. The van der Waals surface area contributed by atoms with E-state index < -0.39 is 29.2 Å². The summed E-state index contributed by atoms with van der Waals surface area (Å²) in [5, 5.41) is 40.5. The molecule has 0 aliphatic carbocycles. The van der Waals surface area contributed by atoms with E-state index in [0.29, 0.717) is 0 Å². The second-order valence-electron chi connectivity index (χ2n) is 4.94. The van der Waals surface area contributed by atoms with Crippen molar-refractivity contribution in [1.29, 1.82) is 0 Å². The summed E-state index contributed by atoms with van der Waals surface area (Å²) in [7, 11) is -1.92. The van der Waals surface area contributed by atoms with Crippen molar-refractivity contribution in [2.45, 2.75) is 19.4 Å². The molecule has 0 aliphatic rings. The van der Waals surface area contributed by atoms with Crippen molar-refractivity contribution < 1.29 is 24.9 Å². The number of nitrogens with zero attached hydrogens (tertiary/aromatic N) is 1. The van der Waals surface area contributed by atoms with Crippen LogP contribution in [0.15, 0.2) is 18.2 Å². The molecule has 1 rings (SSSR count). The average molecular weight is 282 g/mol. The van der Waals surface area contributed by atoms with E-state index in [9.17, 15) is 14.9 Å². The lowest BCUT2D eigenvalue weighted by atomic mass is 9.79. The highest BCUT2D eigenvalue weighted by Crippen LogP contribution is 2.13. The van der Waals surface area contributed by atoms with Crippen molar-refractivity contribution >= 4 is 24.2 Å². The second kappa shape index (κ2) is 5.99. The maximum absolute atomic E-state index is 12.0. The molecule has 1 aromatic rings. The summed E-state index contributed by atoms with van der Waals surface area (Å²) in [6.45, 7) is 2.83. The monoisotopic (exact) mass is 282 g/mol. The van der Waals surface area contributed by atoms with Gasteiger partial charge in [-0.1, -0.05) is 0 Å². The van der Waals surface area contributed by atoms with Gasteiger partial charge in [-0.25, -0.2) is 0 Å². The number of aliphatic hydroxyl groups is 1. The Morgan fingerprint density at radius 3 is 2.45 bits per heavy atom. The molecule has 4 N–H and O–H groups in total. The second-order valence-corrected chi connectivity index (χ2v) is 4.94. The summed E-state index contributed by atoms with van der Waals surface area (Å²) in [6.07, 6.45) is 0. The zero-order valence-corrected chi connectivity index (χ0v) is 11.0. The molecule has 0 fully saturated rings. The number of amides is 1. The van der Waals surface area contributed by atoms with Crippen LogP contribution in [0.4, 0.5) is 5.69 Å². The number of nitro benzene ring substituents is 1. The third-order valence-electron chi connectivity index (χ3n) is 2.56. The molecule has 0 spiro atoms. The van der Waals surface area contributed by atoms with E-state index in [-0.39, 0.29) is 17.6 Å². The van der Waals surface area contributed by atoms with Gasteiger partial charge in [0.2, 0.25) is 0 Å². The number of benzene rings is 1. The molecule has 0 heterocycles. The Kier molecular flexibility index (Phi) is 4.82. The first-order valence-electron chi connectivity index (χ1n) is 5.75. The molecule has 9 heteroatoms. The molecule has 0 aromatic heterocycles.